The second kappa shape index (κ2) is 4.35. The van der Waals surface area contributed by atoms with Gasteiger partial charge < -0.3 is 10.1 Å². The Labute approximate surface area is 101 Å². The van der Waals surface area contributed by atoms with E-state index in [-0.39, 0.29) is 6.04 Å². The fourth-order valence-electron chi connectivity index (χ4n) is 2.57. The van der Waals surface area contributed by atoms with E-state index in [9.17, 15) is 0 Å². The van der Waals surface area contributed by atoms with Gasteiger partial charge in [0.05, 0.1) is 18.3 Å². The van der Waals surface area contributed by atoms with E-state index in [1.165, 1.54) is 5.56 Å². The van der Waals surface area contributed by atoms with E-state index in [1.807, 2.05) is 12.3 Å². The molecule has 1 aliphatic heterocycles. The van der Waals surface area contributed by atoms with Crippen molar-refractivity contribution in [3.05, 3.63) is 29.6 Å². The minimum atomic E-state index is 0.149. The van der Waals surface area contributed by atoms with Gasteiger partial charge in [-0.2, -0.15) is 0 Å². The second-order valence-electron chi connectivity index (χ2n) is 4.82. The maximum atomic E-state index is 5.42. The van der Waals surface area contributed by atoms with Gasteiger partial charge in [-0.05, 0) is 30.4 Å². The van der Waals surface area contributed by atoms with E-state index in [2.05, 4.69) is 28.3 Å². The van der Waals surface area contributed by atoms with Crippen molar-refractivity contribution in [3.8, 4) is 0 Å². The molecule has 4 nitrogen and oxygen atoms in total. The summed E-state index contributed by atoms with van der Waals surface area (Å²) in [7, 11) is 0. The SMILES string of the molecule is CC1Cc2cccnc2C(/N=C2/NCCO2)C1. The van der Waals surface area contributed by atoms with Gasteiger partial charge in [0.1, 0.15) is 6.61 Å². The van der Waals surface area contributed by atoms with E-state index in [0.717, 1.165) is 31.7 Å². The zero-order chi connectivity index (χ0) is 11.7. The number of nitrogens with zero attached hydrogens (tertiary/aromatic N) is 2. The lowest BCUT2D eigenvalue weighted by molar-refractivity contribution is 0.343. The van der Waals surface area contributed by atoms with Gasteiger partial charge in [0.2, 0.25) is 0 Å². The van der Waals surface area contributed by atoms with Crippen molar-refractivity contribution < 1.29 is 4.74 Å². The molecule has 0 saturated carbocycles. The van der Waals surface area contributed by atoms with Crippen LogP contribution in [-0.2, 0) is 11.2 Å². The van der Waals surface area contributed by atoms with Gasteiger partial charge in [-0.25, -0.2) is 4.99 Å². The van der Waals surface area contributed by atoms with Crippen molar-refractivity contribution in [1.82, 2.24) is 10.3 Å². The number of aliphatic imine (C=N–C) groups is 1. The lowest BCUT2D eigenvalue weighted by atomic mass is 9.85. The Hall–Kier alpha value is -1.58. The van der Waals surface area contributed by atoms with E-state index < -0.39 is 0 Å². The molecule has 1 aromatic heterocycles. The summed E-state index contributed by atoms with van der Waals surface area (Å²) in [6.45, 7) is 3.85. The summed E-state index contributed by atoms with van der Waals surface area (Å²) >= 11 is 0. The predicted octanol–water partition coefficient (Wildman–Crippen LogP) is 1.68. The molecule has 0 spiro atoms. The number of pyridine rings is 1. The first-order chi connectivity index (χ1) is 8.33. The highest BCUT2D eigenvalue weighted by Crippen LogP contribution is 2.34. The molecule has 90 valence electrons. The summed E-state index contributed by atoms with van der Waals surface area (Å²) in [4.78, 5) is 9.13. The van der Waals surface area contributed by atoms with E-state index in [1.54, 1.807) is 0 Å². The Kier molecular flexibility index (Phi) is 2.71. The Morgan fingerprint density at radius 3 is 3.29 bits per heavy atom. The number of ether oxygens (including phenoxy) is 1. The van der Waals surface area contributed by atoms with Crippen molar-refractivity contribution >= 4 is 6.02 Å². The first-order valence-electron chi connectivity index (χ1n) is 6.21. The molecule has 17 heavy (non-hydrogen) atoms. The van der Waals surface area contributed by atoms with Crippen LogP contribution in [-0.4, -0.2) is 24.2 Å². The Bertz CT molecular complexity index is 436. The van der Waals surface area contributed by atoms with Gasteiger partial charge in [-0.15, -0.1) is 0 Å². The van der Waals surface area contributed by atoms with Gasteiger partial charge in [0.25, 0.3) is 6.02 Å². The molecule has 0 amide bonds. The molecule has 1 aliphatic carbocycles. The molecule has 0 aromatic carbocycles. The lowest BCUT2D eigenvalue weighted by Gasteiger charge is -2.26. The monoisotopic (exact) mass is 231 g/mol. The number of hydrogen-bond donors (Lipinski definition) is 1. The van der Waals surface area contributed by atoms with Crippen LogP contribution in [0.5, 0.6) is 0 Å². The summed E-state index contributed by atoms with van der Waals surface area (Å²) in [6, 6.07) is 5.00. The summed E-state index contributed by atoms with van der Waals surface area (Å²) < 4.78 is 5.42. The number of fused-ring (bicyclic) bond motifs is 1. The molecule has 2 aliphatic rings. The number of hydrogen-bond acceptors (Lipinski definition) is 3. The van der Waals surface area contributed by atoms with Crippen molar-refractivity contribution in [2.45, 2.75) is 25.8 Å². The Balaban J connectivity index is 1.92. The van der Waals surface area contributed by atoms with Gasteiger partial charge >= 0.3 is 0 Å². The third-order valence-electron chi connectivity index (χ3n) is 3.33. The summed E-state index contributed by atoms with van der Waals surface area (Å²) in [5, 5.41) is 3.15. The first kappa shape index (κ1) is 10.6. The highest BCUT2D eigenvalue weighted by atomic mass is 16.5. The zero-order valence-corrected chi connectivity index (χ0v) is 10.0. The molecule has 2 unspecified atom stereocenters. The molecule has 1 saturated heterocycles. The van der Waals surface area contributed by atoms with Crippen LogP contribution in [0.4, 0.5) is 0 Å². The van der Waals surface area contributed by atoms with Gasteiger partial charge in [-0.1, -0.05) is 13.0 Å². The van der Waals surface area contributed by atoms with E-state index in [0.29, 0.717) is 11.9 Å². The van der Waals surface area contributed by atoms with Crippen molar-refractivity contribution in [2.75, 3.05) is 13.2 Å². The highest BCUT2D eigenvalue weighted by Gasteiger charge is 2.26. The average molecular weight is 231 g/mol. The third kappa shape index (κ3) is 2.12. The van der Waals surface area contributed by atoms with Gasteiger partial charge in [-0.3, -0.25) is 4.98 Å². The van der Waals surface area contributed by atoms with Crippen LogP contribution in [0.25, 0.3) is 0 Å². The maximum absolute atomic E-state index is 5.42. The Morgan fingerprint density at radius 1 is 1.53 bits per heavy atom. The highest BCUT2D eigenvalue weighted by molar-refractivity contribution is 5.75. The molecule has 1 N–H and O–H groups in total. The second-order valence-corrected chi connectivity index (χ2v) is 4.82. The minimum Gasteiger partial charge on any atom is -0.463 e. The van der Waals surface area contributed by atoms with Crippen molar-refractivity contribution in [3.63, 3.8) is 0 Å². The maximum Gasteiger partial charge on any atom is 0.285 e. The lowest BCUT2D eigenvalue weighted by Crippen LogP contribution is -2.21. The van der Waals surface area contributed by atoms with Gasteiger partial charge in [0.15, 0.2) is 0 Å². The molecule has 1 aromatic rings. The molecule has 2 atom stereocenters. The minimum absolute atomic E-state index is 0.149. The van der Waals surface area contributed by atoms with Gasteiger partial charge in [0, 0.05) is 6.20 Å². The summed E-state index contributed by atoms with van der Waals surface area (Å²) in [6.07, 6.45) is 4.02. The average Bonchev–Trinajstić information content (AvgIpc) is 2.81. The molecular formula is C13H17N3O. The van der Waals surface area contributed by atoms with Crippen LogP contribution in [0.3, 0.4) is 0 Å². The topological polar surface area (TPSA) is 46.5 Å². The summed E-state index contributed by atoms with van der Waals surface area (Å²) in [5.74, 6) is 0.655. The zero-order valence-electron chi connectivity index (χ0n) is 10.0. The standard InChI is InChI=1S/C13H17N3O/c1-9-7-10-3-2-4-14-12(10)11(8-9)16-13-15-5-6-17-13/h2-4,9,11H,5-8H2,1H3,(H,15,16). The predicted molar refractivity (Wildman–Crippen MR) is 65.9 cm³/mol. The molecule has 4 heteroatoms. The smallest absolute Gasteiger partial charge is 0.285 e. The van der Waals surface area contributed by atoms with Crippen LogP contribution in [0.1, 0.15) is 30.6 Å². The molecule has 1 fully saturated rings. The third-order valence-corrected chi connectivity index (χ3v) is 3.33. The van der Waals surface area contributed by atoms with E-state index >= 15 is 0 Å². The Morgan fingerprint density at radius 2 is 2.47 bits per heavy atom. The van der Waals surface area contributed by atoms with Crippen molar-refractivity contribution in [2.24, 2.45) is 10.9 Å². The quantitative estimate of drug-likeness (QED) is 0.800. The van der Waals surface area contributed by atoms with Crippen LogP contribution in [0.2, 0.25) is 0 Å². The van der Waals surface area contributed by atoms with E-state index in [4.69, 9.17) is 4.74 Å². The molecular weight excluding hydrogens is 214 g/mol. The van der Waals surface area contributed by atoms with Crippen LogP contribution < -0.4 is 5.32 Å². The van der Waals surface area contributed by atoms with Crippen LogP contribution >= 0.6 is 0 Å². The number of aromatic nitrogens is 1. The normalized spacial score (nSPS) is 29.6. The molecule has 3 rings (SSSR count). The molecule has 0 bridgehead atoms. The first-order valence-corrected chi connectivity index (χ1v) is 6.21. The fourth-order valence-corrected chi connectivity index (χ4v) is 2.57. The van der Waals surface area contributed by atoms with Crippen LogP contribution in [0, 0.1) is 5.92 Å². The van der Waals surface area contributed by atoms with Crippen LogP contribution in [0.15, 0.2) is 23.3 Å². The van der Waals surface area contributed by atoms with Crippen molar-refractivity contribution in [1.29, 1.82) is 0 Å². The molecule has 0 radical (unpaired) electrons. The number of amidine groups is 1. The number of nitrogens with one attached hydrogen (secondary N) is 1. The summed E-state index contributed by atoms with van der Waals surface area (Å²) in [5.41, 5.74) is 2.45. The number of rotatable bonds is 1. The largest absolute Gasteiger partial charge is 0.463 e. The molecule has 2 heterocycles. The fraction of sp³-hybridized carbons (Fsp3) is 0.538.